The van der Waals surface area contributed by atoms with E-state index in [2.05, 4.69) is 5.32 Å². The third-order valence-electron chi connectivity index (χ3n) is 5.11. The minimum Gasteiger partial charge on any atom is -0.486 e. The molecule has 0 fully saturated rings. The van der Waals surface area contributed by atoms with Crippen LogP contribution in [-0.4, -0.2) is 43.2 Å². The van der Waals surface area contributed by atoms with Gasteiger partial charge >= 0.3 is 0 Å². The molecule has 0 aliphatic carbocycles. The fourth-order valence-corrected chi connectivity index (χ4v) is 4.01. The van der Waals surface area contributed by atoms with E-state index >= 15 is 0 Å². The first kappa shape index (κ1) is 20.2. The fraction of sp³-hybridized carbons (Fsp3) is 0.273. The smallest absolute Gasteiger partial charge is 0.253 e. The number of rotatable bonds is 3. The van der Waals surface area contributed by atoms with Crippen LogP contribution in [0.2, 0.25) is 0 Å². The first-order valence-electron chi connectivity index (χ1n) is 9.55. The number of nitrogens with one attached hydrogen (secondary N) is 1. The molecule has 0 saturated heterocycles. The van der Waals surface area contributed by atoms with Crippen LogP contribution in [0.5, 0.6) is 11.5 Å². The lowest BCUT2D eigenvalue weighted by atomic mass is 9.93. The second kappa shape index (κ2) is 7.95. The molecule has 2 heterocycles. The SMILES string of the molecule is CC1=C(C(=O)N(C)C)[C@@H](c2ccc(F)cc2)NC(=S)N1c1ccc2c(c1)OCCO2. The van der Waals surface area contributed by atoms with Crippen molar-refractivity contribution >= 4 is 28.9 Å². The number of nitrogens with zero attached hydrogens (tertiary/aromatic N) is 2. The lowest BCUT2D eigenvalue weighted by molar-refractivity contribution is -0.125. The van der Waals surface area contributed by atoms with Crippen LogP contribution in [-0.2, 0) is 4.79 Å². The predicted octanol–water partition coefficient (Wildman–Crippen LogP) is 3.39. The lowest BCUT2D eigenvalue weighted by Gasteiger charge is -2.38. The second-order valence-corrected chi connectivity index (χ2v) is 7.68. The quantitative estimate of drug-likeness (QED) is 0.758. The summed E-state index contributed by atoms with van der Waals surface area (Å²) in [5, 5.41) is 3.69. The van der Waals surface area contributed by atoms with Gasteiger partial charge in [0, 0.05) is 25.9 Å². The van der Waals surface area contributed by atoms with E-state index in [1.54, 1.807) is 26.2 Å². The molecule has 0 spiro atoms. The monoisotopic (exact) mass is 427 g/mol. The number of hydrogen-bond donors (Lipinski definition) is 1. The summed E-state index contributed by atoms with van der Waals surface area (Å²) in [6, 6.07) is 11.1. The number of ether oxygens (including phenoxy) is 2. The van der Waals surface area contributed by atoms with E-state index in [9.17, 15) is 9.18 Å². The van der Waals surface area contributed by atoms with E-state index in [0.717, 1.165) is 11.3 Å². The Hall–Kier alpha value is -3.13. The number of anilines is 1. The van der Waals surface area contributed by atoms with Crippen molar-refractivity contribution < 1.29 is 18.7 Å². The van der Waals surface area contributed by atoms with Gasteiger partial charge in [-0.25, -0.2) is 4.39 Å². The number of hydrogen-bond acceptors (Lipinski definition) is 4. The van der Waals surface area contributed by atoms with Crippen LogP contribution in [0.25, 0.3) is 0 Å². The number of likely N-dealkylation sites (N-methyl/N-ethyl adjacent to an activating group) is 1. The Balaban J connectivity index is 1.81. The van der Waals surface area contributed by atoms with Gasteiger partial charge in [-0.1, -0.05) is 12.1 Å². The van der Waals surface area contributed by atoms with Crippen LogP contribution in [0.4, 0.5) is 10.1 Å². The summed E-state index contributed by atoms with van der Waals surface area (Å²) in [6.07, 6.45) is 0. The molecule has 6 nitrogen and oxygen atoms in total. The van der Waals surface area contributed by atoms with Crippen LogP contribution < -0.4 is 19.7 Å². The third-order valence-corrected chi connectivity index (χ3v) is 5.41. The number of halogens is 1. The number of benzene rings is 2. The van der Waals surface area contributed by atoms with Crippen LogP contribution >= 0.6 is 12.2 Å². The van der Waals surface area contributed by atoms with Crippen molar-refractivity contribution in [3.05, 3.63) is 65.1 Å². The summed E-state index contributed by atoms with van der Waals surface area (Å²) >= 11 is 5.66. The normalized spacial score (nSPS) is 18.2. The van der Waals surface area contributed by atoms with Crippen molar-refractivity contribution in [1.29, 1.82) is 0 Å². The lowest BCUT2D eigenvalue weighted by Crippen LogP contribution is -2.49. The van der Waals surface area contributed by atoms with Gasteiger partial charge in [-0.3, -0.25) is 9.69 Å². The average Bonchev–Trinajstić information content (AvgIpc) is 2.73. The zero-order chi connectivity index (χ0) is 21.4. The molecule has 1 N–H and O–H groups in total. The molecule has 156 valence electrons. The molecule has 8 heteroatoms. The first-order chi connectivity index (χ1) is 14.4. The summed E-state index contributed by atoms with van der Waals surface area (Å²) in [5.41, 5.74) is 2.75. The largest absolute Gasteiger partial charge is 0.486 e. The van der Waals surface area contributed by atoms with Gasteiger partial charge in [-0.2, -0.15) is 0 Å². The maximum atomic E-state index is 13.4. The van der Waals surface area contributed by atoms with Gasteiger partial charge < -0.3 is 19.7 Å². The zero-order valence-electron chi connectivity index (χ0n) is 16.9. The molecule has 0 bridgehead atoms. The Kier molecular flexibility index (Phi) is 5.34. The van der Waals surface area contributed by atoms with E-state index < -0.39 is 6.04 Å². The maximum absolute atomic E-state index is 13.4. The second-order valence-electron chi connectivity index (χ2n) is 7.30. The summed E-state index contributed by atoms with van der Waals surface area (Å²) in [7, 11) is 3.40. The Labute approximate surface area is 179 Å². The molecule has 1 atom stereocenters. The topological polar surface area (TPSA) is 54.0 Å². The minimum atomic E-state index is -0.485. The van der Waals surface area contributed by atoms with Crippen LogP contribution in [0.15, 0.2) is 53.7 Å². The zero-order valence-corrected chi connectivity index (χ0v) is 17.8. The van der Waals surface area contributed by atoms with Crippen molar-refractivity contribution in [3.63, 3.8) is 0 Å². The number of carbonyl (C=O) groups excluding carboxylic acids is 1. The van der Waals surface area contributed by atoms with Crippen LogP contribution in [0, 0.1) is 5.82 Å². The van der Waals surface area contributed by atoms with E-state index in [0.29, 0.717) is 41.1 Å². The molecular weight excluding hydrogens is 405 g/mol. The van der Waals surface area contributed by atoms with E-state index in [1.807, 2.05) is 30.0 Å². The van der Waals surface area contributed by atoms with Crippen LogP contribution in [0.3, 0.4) is 0 Å². The maximum Gasteiger partial charge on any atom is 0.253 e. The number of carbonyl (C=O) groups is 1. The van der Waals surface area contributed by atoms with Crippen molar-refractivity contribution in [2.75, 3.05) is 32.2 Å². The van der Waals surface area contributed by atoms with E-state index in [-0.39, 0.29) is 11.7 Å². The summed E-state index contributed by atoms with van der Waals surface area (Å²) < 4.78 is 24.7. The van der Waals surface area contributed by atoms with Gasteiger partial charge in [0.25, 0.3) is 5.91 Å². The van der Waals surface area contributed by atoms with Crippen molar-refractivity contribution in [2.24, 2.45) is 0 Å². The summed E-state index contributed by atoms with van der Waals surface area (Å²) in [5.74, 6) is 0.822. The molecule has 0 radical (unpaired) electrons. The number of thiocarbonyl (C=S) groups is 1. The molecule has 2 aromatic carbocycles. The standard InChI is InChI=1S/C22H22FN3O3S/c1-13-19(21(27)25(2)3)20(14-4-6-15(23)7-5-14)24-22(30)26(13)16-8-9-17-18(12-16)29-11-10-28-17/h4-9,12,20H,10-11H2,1-3H3,(H,24,30)/t20-/m1/s1. The van der Waals surface area contributed by atoms with Gasteiger partial charge in [-0.15, -0.1) is 0 Å². The highest BCUT2D eigenvalue weighted by atomic mass is 32.1. The van der Waals surface area contributed by atoms with E-state index in [1.165, 1.54) is 17.0 Å². The first-order valence-corrected chi connectivity index (χ1v) is 9.96. The molecule has 30 heavy (non-hydrogen) atoms. The highest BCUT2D eigenvalue weighted by Gasteiger charge is 2.35. The van der Waals surface area contributed by atoms with Crippen LogP contribution in [0.1, 0.15) is 18.5 Å². The van der Waals surface area contributed by atoms with Gasteiger partial charge in [-0.05, 0) is 49.0 Å². The predicted molar refractivity (Wildman–Crippen MR) is 116 cm³/mol. The molecule has 0 saturated carbocycles. The van der Waals surface area contributed by atoms with Gasteiger partial charge in [0.2, 0.25) is 0 Å². The van der Waals surface area contributed by atoms with E-state index in [4.69, 9.17) is 21.7 Å². The average molecular weight is 428 g/mol. The molecule has 2 aromatic rings. The highest BCUT2D eigenvalue weighted by Crippen LogP contribution is 2.38. The minimum absolute atomic E-state index is 0.153. The van der Waals surface area contributed by atoms with Gasteiger partial charge in [0.1, 0.15) is 19.0 Å². The van der Waals surface area contributed by atoms with Gasteiger partial charge in [0.05, 0.1) is 17.3 Å². The fourth-order valence-electron chi connectivity index (χ4n) is 3.65. The molecule has 1 amide bonds. The third kappa shape index (κ3) is 3.59. The molecule has 4 rings (SSSR count). The van der Waals surface area contributed by atoms with Crippen molar-refractivity contribution in [1.82, 2.24) is 10.2 Å². The number of amides is 1. The highest BCUT2D eigenvalue weighted by molar-refractivity contribution is 7.80. The Morgan fingerprint density at radius 1 is 1.13 bits per heavy atom. The molecule has 0 aromatic heterocycles. The van der Waals surface area contributed by atoms with Crippen molar-refractivity contribution in [3.8, 4) is 11.5 Å². The molecule has 2 aliphatic heterocycles. The summed E-state index contributed by atoms with van der Waals surface area (Å²) in [4.78, 5) is 16.4. The molecular formula is C22H22FN3O3S. The van der Waals surface area contributed by atoms with Gasteiger partial charge in [0.15, 0.2) is 16.6 Å². The Morgan fingerprint density at radius 3 is 2.47 bits per heavy atom. The van der Waals surface area contributed by atoms with Crippen molar-refractivity contribution in [2.45, 2.75) is 13.0 Å². The number of fused-ring (bicyclic) bond motifs is 1. The number of allylic oxidation sites excluding steroid dienone is 1. The molecule has 2 aliphatic rings. The Bertz CT molecular complexity index is 1040. The summed E-state index contributed by atoms with van der Waals surface area (Å²) in [6.45, 7) is 2.85. The Morgan fingerprint density at radius 2 is 1.80 bits per heavy atom. The molecule has 0 unspecified atom stereocenters.